The fraction of sp³-hybridized carbons (Fsp3) is 0.370. The van der Waals surface area contributed by atoms with Crippen LogP contribution in [0.5, 0.6) is 0 Å². The van der Waals surface area contributed by atoms with E-state index in [0.29, 0.717) is 24.7 Å². The Morgan fingerprint density at radius 2 is 1.77 bits per heavy atom. The molecule has 1 aliphatic rings. The average Bonchev–Trinajstić information content (AvgIpc) is 3.33. The van der Waals surface area contributed by atoms with Gasteiger partial charge in [0, 0.05) is 59.6 Å². The molecule has 35 heavy (non-hydrogen) atoms. The van der Waals surface area contributed by atoms with Crippen LogP contribution in [0.2, 0.25) is 0 Å². The monoisotopic (exact) mass is 498 g/mol. The maximum atomic E-state index is 13.7. The summed E-state index contributed by atoms with van der Waals surface area (Å²) in [5.74, 6) is -1.62. The number of aromatic nitrogens is 2. The van der Waals surface area contributed by atoms with Crippen LogP contribution in [0, 0.1) is 19.8 Å². The highest BCUT2D eigenvalue weighted by Crippen LogP contribution is 2.40. The van der Waals surface area contributed by atoms with Gasteiger partial charge in [0.1, 0.15) is 5.76 Å². The lowest BCUT2D eigenvalue weighted by molar-refractivity contribution is -0.0472. The number of fused-ring (bicyclic) bond motifs is 1. The normalized spacial score (nSPS) is 18.1. The summed E-state index contributed by atoms with van der Waals surface area (Å²) in [7, 11) is -3.33. The SMILES string of the molecule is Cc1noc(C)c1-c1ccc2c(-c3ccc(P(C)(=O)O)cc3)cn(CC3CCC(F)(F)CC3)c2c1. The van der Waals surface area contributed by atoms with Crippen LogP contribution in [0.1, 0.15) is 37.1 Å². The molecule has 1 unspecified atom stereocenters. The highest BCUT2D eigenvalue weighted by Gasteiger charge is 2.35. The van der Waals surface area contributed by atoms with Gasteiger partial charge in [-0.3, -0.25) is 4.57 Å². The molecule has 1 saturated carbocycles. The largest absolute Gasteiger partial charge is 0.361 e. The lowest BCUT2D eigenvalue weighted by Gasteiger charge is -2.28. The number of hydrogen-bond acceptors (Lipinski definition) is 3. The quantitative estimate of drug-likeness (QED) is 0.303. The Labute approximate surface area is 203 Å². The summed E-state index contributed by atoms with van der Waals surface area (Å²) in [6.07, 6.45) is 2.96. The zero-order chi connectivity index (χ0) is 25.0. The second-order valence-electron chi connectivity index (χ2n) is 9.85. The van der Waals surface area contributed by atoms with Crippen molar-refractivity contribution in [2.75, 3.05) is 6.66 Å². The molecule has 2 aromatic heterocycles. The molecule has 184 valence electrons. The van der Waals surface area contributed by atoms with E-state index in [1.54, 1.807) is 12.1 Å². The second-order valence-corrected chi connectivity index (χ2v) is 12.1. The molecule has 0 spiro atoms. The summed E-state index contributed by atoms with van der Waals surface area (Å²) in [6, 6.07) is 13.4. The van der Waals surface area contributed by atoms with Crippen molar-refractivity contribution >= 4 is 23.6 Å². The van der Waals surface area contributed by atoms with Crippen LogP contribution < -0.4 is 5.30 Å². The van der Waals surface area contributed by atoms with Crippen molar-refractivity contribution in [3.8, 4) is 22.3 Å². The summed E-state index contributed by atoms with van der Waals surface area (Å²) in [5, 5.41) is 5.54. The van der Waals surface area contributed by atoms with Crippen LogP contribution >= 0.6 is 7.37 Å². The molecule has 1 aliphatic carbocycles. The van der Waals surface area contributed by atoms with E-state index in [2.05, 4.69) is 28.1 Å². The van der Waals surface area contributed by atoms with Crippen LogP contribution in [0.4, 0.5) is 8.78 Å². The molecule has 1 atom stereocenters. The maximum Gasteiger partial charge on any atom is 0.248 e. The van der Waals surface area contributed by atoms with Crippen LogP contribution in [0.3, 0.4) is 0 Å². The van der Waals surface area contributed by atoms with Gasteiger partial charge in [-0.15, -0.1) is 0 Å². The summed E-state index contributed by atoms with van der Waals surface area (Å²) in [4.78, 5) is 9.90. The zero-order valence-corrected chi connectivity index (χ0v) is 21.0. The van der Waals surface area contributed by atoms with Gasteiger partial charge >= 0.3 is 0 Å². The summed E-state index contributed by atoms with van der Waals surface area (Å²) in [5.41, 5.74) is 5.73. The number of nitrogens with zero attached hydrogens (tertiary/aromatic N) is 2. The summed E-state index contributed by atoms with van der Waals surface area (Å²) >= 11 is 0. The average molecular weight is 499 g/mol. The van der Waals surface area contributed by atoms with E-state index < -0.39 is 13.3 Å². The van der Waals surface area contributed by atoms with Crippen molar-refractivity contribution in [1.82, 2.24) is 9.72 Å². The Morgan fingerprint density at radius 3 is 2.37 bits per heavy atom. The highest BCUT2D eigenvalue weighted by atomic mass is 31.2. The smallest absolute Gasteiger partial charge is 0.248 e. The first-order chi connectivity index (χ1) is 16.5. The van der Waals surface area contributed by atoms with Crippen molar-refractivity contribution in [3.05, 3.63) is 60.1 Å². The van der Waals surface area contributed by atoms with Crippen LogP contribution in [-0.4, -0.2) is 27.2 Å². The highest BCUT2D eigenvalue weighted by molar-refractivity contribution is 7.65. The minimum Gasteiger partial charge on any atom is -0.361 e. The number of halogens is 2. The molecule has 1 fully saturated rings. The van der Waals surface area contributed by atoms with Crippen LogP contribution in [0.25, 0.3) is 33.2 Å². The van der Waals surface area contributed by atoms with E-state index >= 15 is 0 Å². The lowest BCUT2D eigenvalue weighted by Crippen LogP contribution is -2.26. The van der Waals surface area contributed by atoms with Gasteiger partial charge in [-0.1, -0.05) is 29.4 Å². The Balaban J connectivity index is 1.59. The molecule has 5 rings (SSSR count). The minimum atomic E-state index is -3.33. The number of hydrogen-bond donors (Lipinski definition) is 1. The Hall–Kier alpha value is -2.76. The van der Waals surface area contributed by atoms with Gasteiger partial charge in [0.25, 0.3) is 0 Å². The van der Waals surface area contributed by atoms with Gasteiger partial charge in [-0.05, 0) is 61.9 Å². The van der Waals surface area contributed by atoms with Crippen molar-refractivity contribution < 1.29 is 22.8 Å². The van der Waals surface area contributed by atoms with E-state index in [-0.39, 0.29) is 18.8 Å². The molecule has 0 aliphatic heterocycles. The van der Waals surface area contributed by atoms with Gasteiger partial charge in [0.15, 0.2) is 0 Å². The summed E-state index contributed by atoms with van der Waals surface area (Å²) in [6.45, 7) is 5.80. The third kappa shape index (κ3) is 4.72. The van der Waals surface area contributed by atoms with E-state index in [0.717, 1.165) is 44.6 Å². The maximum absolute atomic E-state index is 13.7. The fourth-order valence-electron chi connectivity index (χ4n) is 5.20. The van der Waals surface area contributed by atoms with Gasteiger partial charge in [0.2, 0.25) is 13.3 Å². The van der Waals surface area contributed by atoms with Gasteiger partial charge in [-0.25, -0.2) is 8.78 Å². The van der Waals surface area contributed by atoms with Gasteiger partial charge in [0.05, 0.1) is 5.69 Å². The van der Waals surface area contributed by atoms with E-state index in [1.807, 2.05) is 32.0 Å². The number of benzene rings is 2. The van der Waals surface area contributed by atoms with Crippen LogP contribution in [0.15, 0.2) is 53.2 Å². The van der Waals surface area contributed by atoms with Crippen molar-refractivity contribution in [3.63, 3.8) is 0 Å². The van der Waals surface area contributed by atoms with Crippen molar-refractivity contribution in [2.45, 2.75) is 52.0 Å². The third-order valence-corrected chi connectivity index (χ3v) is 8.41. The molecule has 2 heterocycles. The van der Waals surface area contributed by atoms with Crippen molar-refractivity contribution in [2.24, 2.45) is 5.92 Å². The van der Waals surface area contributed by atoms with E-state index in [9.17, 15) is 18.2 Å². The molecule has 2 aromatic carbocycles. The minimum absolute atomic E-state index is 0.0618. The van der Waals surface area contributed by atoms with Crippen LogP contribution in [-0.2, 0) is 11.1 Å². The predicted octanol–water partition coefficient (Wildman–Crippen LogP) is 6.93. The zero-order valence-electron chi connectivity index (χ0n) is 20.1. The molecule has 0 amide bonds. The molecule has 0 saturated heterocycles. The number of aryl methyl sites for hydroxylation is 2. The van der Waals surface area contributed by atoms with E-state index in [4.69, 9.17) is 4.52 Å². The molecule has 5 nitrogen and oxygen atoms in total. The van der Waals surface area contributed by atoms with Gasteiger partial charge < -0.3 is 14.0 Å². The molecule has 4 aromatic rings. The molecule has 0 bridgehead atoms. The Morgan fingerprint density at radius 1 is 1.11 bits per heavy atom. The predicted molar refractivity (Wildman–Crippen MR) is 135 cm³/mol. The number of alkyl halides is 2. The standard InChI is InChI=1S/C27H29F2N2O3P/c1-17-26(18(2)34-30-17)21-6-9-23-24(20-4-7-22(8-5-20)35(3,32)33)16-31(25(23)14-21)15-19-10-12-27(28,29)13-11-19/h4-9,14,16,19H,10-13,15H2,1-3H3,(H,32,33). The van der Waals surface area contributed by atoms with Gasteiger partial charge in [-0.2, -0.15) is 0 Å². The van der Waals surface area contributed by atoms with E-state index in [1.165, 1.54) is 6.66 Å². The molecular formula is C27H29F2N2O3P. The molecular weight excluding hydrogens is 469 g/mol. The summed E-state index contributed by atoms with van der Waals surface area (Å²) < 4.78 is 47.1. The Kier molecular flexibility index (Phi) is 5.97. The van der Waals surface area contributed by atoms with Crippen molar-refractivity contribution in [1.29, 1.82) is 0 Å². The lowest BCUT2D eigenvalue weighted by atomic mass is 9.87. The first kappa shape index (κ1) is 24.0. The molecule has 1 N–H and O–H groups in total. The fourth-order valence-corrected chi connectivity index (χ4v) is 5.90. The Bertz CT molecular complexity index is 1400. The second kappa shape index (κ2) is 8.72. The number of rotatable bonds is 5. The molecule has 0 radical (unpaired) electrons. The first-order valence-corrected chi connectivity index (χ1v) is 14.0. The third-order valence-electron chi connectivity index (χ3n) is 7.15. The molecule has 8 heteroatoms. The first-order valence-electron chi connectivity index (χ1n) is 11.9. The topological polar surface area (TPSA) is 68.3 Å².